The SMILES string of the molecule is CCCCCCCCc1nc(S(=O)(=O)Cc2ccc(-c3ccc(C(=O)O)cc3)cc2)nn1Cc1ccc(-c2ccc(C(=O)O)cc2)cc1. The van der Waals surface area contributed by atoms with E-state index in [1.54, 1.807) is 53.2 Å². The summed E-state index contributed by atoms with van der Waals surface area (Å²) in [6.45, 7) is 2.54. The fourth-order valence-electron chi connectivity index (χ4n) is 5.52. The molecule has 0 aliphatic carbocycles. The van der Waals surface area contributed by atoms with Crippen LogP contribution in [0.15, 0.2) is 102 Å². The van der Waals surface area contributed by atoms with Gasteiger partial charge in [0.25, 0.3) is 5.16 Å². The molecule has 248 valence electrons. The van der Waals surface area contributed by atoms with Crippen LogP contribution in [0.3, 0.4) is 0 Å². The van der Waals surface area contributed by atoms with Crippen molar-refractivity contribution in [3.63, 3.8) is 0 Å². The highest BCUT2D eigenvalue weighted by molar-refractivity contribution is 7.90. The molecule has 5 rings (SSSR count). The molecule has 0 saturated heterocycles. The van der Waals surface area contributed by atoms with Gasteiger partial charge in [-0.25, -0.2) is 27.7 Å². The maximum atomic E-state index is 13.6. The van der Waals surface area contributed by atoms with Gasteiger partial charge in [-0.05, 0) is 64.1 Å². The molecule has 0 saturated carbocycles. The summed E-state index contributed by atoms with van der Waals surface area (Å²) in [4.78, 5) is 26.9. The molecule has 0 atom stereocenters. The number of rotatable bonds is 16. The standard InChI is InChI=1S/C38H39N3O6S/c1-2-3-4-5-6-7-8-35-39-38(40-41(35)25-27-9-13-29(14-10-27)31-17-21-33(22-18-31)36(42)43)48(46,47)26-28-11-15-30(16-12-28)32-19-23-34(24-20-32)37(44)45/h9-24H,2-8,25-26H2,1H3,(H,42,43)(H,44,45). The first-order valence-corrected chi connectivity index (χ1v) is 17.8. The second-order valence-electron chi connectivity index (χ2n) is 11.9. The van der Waals surface area contributed by atoms with Crippen LogP contribution in [-0.2, 0) is 28.6 Å². The van der Waals surface area contributed by atoms with E-state index in [-0.39, 0.29) is 22.0 Å². The zero-order chi connectivity index (χ0) is 34.1. The summed E-state index contributed by atoms with van der Waals surface area (Å²) in [5.41, 5.74) is 5.48. The molecule has 0 aliphatic rings. The van der Waals surface area contributed by atoms with E-state index in [4.69, 9.17) is 5.11 Å². The van der Waals surface area contributed by atoms with Crippen LogP contribution in [0.25, 0.3) is 22.3 Å². The summed E-state index contributed by atoms with van der Waals surface area (Å²) < 4.78 is 28.8. The van der Waals surface area contributed by atoms with Crippen molar-refractivity contribution in [2.24, 2.45) is 0 Å². The first-order chi connectivity index (χ1) is 23.1. The molecular formula is C38H39N3O6S. The summed E-state index contributed by atoms with van der Waals surface area (Å²) in [6.07, 6.45) is 7.24. The lowest BCUT2D eigenvalue weighted by Crippen LogP contribution is -2.09. The van der Waals surface area contributed by atoms with Crippen LogP contribution in [0.4, 0.5) is 0 Å². The first-order valence-electron chi connectivity index (χ1n) is 16.1. The van der Waals surface area contributed by atoms with E-state index >= 15 is 0 Å². The average Bonchev–Trinajstić information content (AvgIpc) is 3.50. The second kappa shape index (κ2) is 15.7. The van der Waals surface area contributed by atoms with Crippen molar-refractivity contribution in [1.82, 2.24) is 14.8 Å². The van der Waals surface area contributed by atoms with Gasteiger partial charge in [-0.3, -0.25) is 0 Å². The number of sulfone groups is 1. The number of aromatic carboxylic acids is 2. The quantitative estimate of drug-likeness (QED) is 0.101. The maximum absolute atomic E-state index is 13.6. The number of benzene rings is 4. The number of aryl methyl sites for hydroxylation is 1. The van der Waals surface area contributed by atoms with Crippen molar-refractivity contribution < 1.29 is 28.2 Å². The number of hydrogen-bond donors (Lipinski definition) is 2. The Morgan fingerprint density at radius 1 is 0.625 bits per heavy atom. The van der Waals surface area contributed by atoms with Gasteiger partial charge in [0.05, 0.1) is 23.4 Å². The number of unbranched alkanes of at least 4 members (excludes halogenated alkanes) is 5. The van der Waals surface area contributed by atoms with Crippen molar-refractivity contribution in [2.75, 3.05) is 0 Å². The topological polar surface area (TPSA) is 139 Å². The van der Waals surface area contributed by atoms with E-state index in [0.29, 0.717) is 24.4 Å². The Hall–Kier alpha value is -5.09. The highest BCUT2D eigenvalue weighted by Crippen LogP contribution is 2.24. The molecule has 4 aromatic carbocycles. The summed E-state index contributed by atoms with van der Waals surface area (Å²) in [7, 11) is -3.85. The van der Waals surface area contributed by atoms with E-state index in [1.807, 2.05) is 36.4 Å². The van der Waals surface area contributed by atoms with Crippen molar-refractivity contribution in [3.05, 3.63) is 125 Å². The number of hydrogen-bond acceptors (Lipinski definition) is 6. The van der Waals surface area contributed by atoms with Crippen molar-refractivity contribution in [3.8, 4) is 22.3 Å². The van der Waals surface area contributed by atoms with Crippen molar-refractivity contribution >= 4 is 21.8 Å². The molecule has 0 amide bonds. The van der Waals surface area contributed by atoms with Gasteiger partial charge in [-0.2, -0.15) is 0 Å². The normalized spacial score (nSPS) is 11.4. The zero-order valence-corrected chi connectivity index (χ0v) is 27.7. The Morgan fingerprint density at radius 2 is 1.06 bits per heavy atom. The van der Waals surface area contributed by atoms with Gasteiger partial charge in [-0.1, -0.05) is 112 Å². The van der Waals surface area contributed by atoms with Gasteiger partial charge in [0, 0.05) is 6.42 Å². The second-order valence-corrected chi connectivity index (χ2v) is 13.8. The number of carboxylic acids is 2. The Bertz CT molecular complexity index is 1950. The summed E-state index contributed by atoms with van der Waals surface area (Å²) in [5.74, 6) is -1.57. The molecule has 1 aromatic heterocycles. The Morgan fingerprint density at radius 3 is 1.54 bits per heavy atom. The highest BCUT2D eigenvalue weighted by atomic mass is 32.2. The molecule has 5 aromatic rings. The molecule has 0 aliphatic heterocycles. The predicted octanol–water partition coefficient (Wildman–Crippen LogP) is 7.93. The fraction of sp³-hybridized carbons (Fsp3) is 0.263. The molecule has 1 heterocycles. The Balaban J connectivity index is 1.32. The number of carboxylic acid groups (broad SMARTS) is 2. The van der Waals surface area contributed by atoms with E-state index < -0.39 is 21.8 Å². The molecule has 2 N–H and O–H groups in total. The lowest BCUT2D eigenvalue weighted by molar-refractivity contribution is 0.0686. The number of nitrogens with zero attached hydrogens (tertiary/aromatic N) is 3. The average molecular weight is 666 g/mol. The molecule has 9 nitrogen and oxygen atoms in total. The third-order valence-corrected chi connectivity index (χ3v) is 9.73. The van der Waals surface area contributed by atoms with E-state index in [0.717, 1.165) is 47.1 Å². The lowest BCUT2D eigenvalue weighted by atomic mass is 10.0. The molecule has 10 heteroatoms. The Labute approximate surface area is 280 Å². The zero-order valence-electron chi connectivity index (χ0n) is 26.9. The van der Waals surface area contributed by atoms with Crippen molar-refractivity contribution in [2.45, 2.75) is 69.3 Å². The molecule has 0 spiro atoms. The first kappa shape index (κ1) is 34.3. The molecular weight excluding hydrogens is 627 g/mol. The van der Waals surface area contributed by atoms with Crippen LogP contribution in [0, 0.1) is 0 Å². The van der Waals surface area contributed by atoms with Crippen LogP contribution in [0.5, 0.6) is 0 Å². The number of aromatic nitrogens is 3. The van der Waals surface area contributed by atoms with Gasteiger partial charge in [-0.15, -0.1) is 5.10 Å². The monoisotopic (exact) mass is 665 g/mol. The van der Waals surface area contributed by atoms with Crippen molar-refractivity contribution in [1.29, 1.82) is 0 Å². The van der Waals surface area contributed by atoms with Gasteiger partial charge >= 0.3 is 11.9 Å². The minimum Gasteiger partial charge on any atom is -0.478 e. The van der Waals surface area contributed by atoms with Crippen LogP contribution >= 0.6 is 0 Å². The largest absolute Gasteiger partial charge is 0.478 e. The highest BCUT2D eigenvalue weighted by Gasteiger charge is 2.23. The maximum Gasteiger partial charge on any atom is 0.335 e. The van der Waals surface area contributed by atoms with Gasteiger partial charge < -0.3 is 10.2 Å². The minimum atomic E-state index is -3.85. The van der Waals surface area contributed by atoms with Crippen LogP contribution in [-0.4, -0.2) is 45.3 Å². The van der Waals surface area contributed by atoms with E-state index in [2.05, 4.69) is 17.0 Å². The minimum absolute atomic E-state index is 0.188. The number of carbonyl (C=O) groups is 2. The predicted molar refractivity (Wildman–Crippen MR) is 185 cm³/mol. The van der Waals surface area contributed by atoms with Crippen LogP contribution < -0.4 is 0 Å². The molecule has 0 unspecified atom stereocenters. The van der Waals surface area contributed by atoms with Crippen LogP contribution in [0.1, 0.15) is 83.1 Å². The van der Waals surface area contributed by atoms with Crippen LogP contribution in [0.2, 0.25) is 0 Å². The Kier molecular flexibility index (Phi) is 11.2. The third-order valence-electron chi connectivity index (χ3n) is 8.29. The fourth-order valence-corrected chi connectivity index (χ4v) is 6.75. The van der Waals surface area contributed by atoms with Gasteiger partial charge in [0.1, 0.15) is 5.82 Å². The van der Waals surface area contributed by atoms with E-state index in [1.165, 1.54) is 31.4 Å². The summed E-state index contributed by atoms with van der Waals surface area (Å²) in [6, 6.07) is 28.2. The summed E-state index contributed by atoms with van der Waals surface area (Å²) >= 11 is 0. The molecule has 48 heavy (non-hydrogen) atoms. The molecule has 0 bridgehead atoms. The summed E-state index contributed by atoms with van der Waals surface area (Å²) in [5, 5.41) is 22.6. The lowest BCUT2D eigenvalue weighted by Gasteiger charge is -2.08. The third kappa shape index (κ3) is 8.83. The smallest absolute Gasteiger partial charge is 0.335 e. The van der Waals surface area contributed by atoms with Gasteiger partial charge in [0.15, 0.2) is 0 Å². The molecule has 0 radical (unpaired) electrons. The van der Waals surface area contributed by atoms with E-state index in [9.17, 15) is 23.1 Å². The van der Waals surface area contributed by atoms with Gasteiger partial charge in [0.2, 0.25) is 9.84 Å². The molecule has 0 fully saturated rings.